The van der Waals surface area contributed by atoms with Crippen molar-refractivity contribution in [1.29, 1.82) is 0 Å². The number of carboxylic acids is 1. The van der Waals surface area contributed by atoms with Crippen molar-refractivity contribution in [2.24, 2.45) is 0 Å². The molecule has 1 fully saturated rings. The minimum absolute atomic E-state index is 0.108. The molecule has 1 atom stereocenters. The molecule has 1 saturated heterocycles. The van der Waals surface area contributed by atoms with Crippen LogP contribution in [0.2, 0.25) is 5.15 Å². The third kappa shape index (κ3) is 2.25. The van der Waals surface area contributed by atoms with E-state index in [1.54, 1.807) is 0 Å². The molecule has 16 heavy (non-hydrogen) atoms. The fourth-order valence-corrected chi connectivity index (χ4v) is 1.92. The van der Waals surface area contributed by atoms with Crippen LogP contribution in [-0.4, -0.2) is 40.4 Å². The van der Waals surface area contributed by atoms with Crippen molar-refractivity contribution >= 4 is 23.4 Å². The minimum atomic E-state index is -1.04. The second-order valence-corrected chi connectivity index (χ2v) is 4.12. The van der Waals surface area contributed by atoms with Crippen LogP contribution in [0.3, 0.4) is 0 Å². The lowest BCUT2D eigenvalue weighted by molar-refractivity contribution is 0.0697. The topological polar surface area (TPSA) is 73.7 Å². The van der Waals surface area contributed by atoms with Crippen molar-refractivity contribution in [1.82, 2.24) is 4.98 Å². The molecule has 6 heteroatoms. The Balaban J connectivity index is 2.30. The van der Waals surface area contributed by atoms with Crippen molar-refractivity contribution in [3.05, 3.63) is 22.8 Å². The third-order valence-corrected chi connectivity index (χ3v) is 2.71. The van der Waals surface area contributed by atoms with E-state index in [4.69, 9.17) is 16.7 Å². The highest BCUT2D eigenvalue weighted by atomic mass is 35.5. The van der Waals surface area contributed by atoms with E-state index in [9.17, 15) is 9.90 Å². The van der Waals surface area contributed by atoms with Crippen LogP contribution in [0.1, 0.15) is 16.8 Å². The van der Waals surface area contributed by atoms with Gasteiger partial charge in [0.05, 0.1) is 11.7 Å². The number of nitrogens with zero attached hydrogens (tertiary/aromatic N) is 2. The van der Waals surface area contributed by atoms with E-state index in [1.807, 2.05) is 4.90 Å². The van der Waals surface area contributed by atoms with E-state index in [-0.39, 0.29) is 16.8 Å². The second-order valence-electron chi connectivity index (χ2n) is 3.73. The van der Waals surface area contributed by atoms with Gasteiger partial charge in [-0.15, -0.1) is 0 Å². The number of halogens is 1. The Morgan fingerprint density at radius 1 is 1.56 bits per heavy atom. The van der Waals surface area contributed by atoms with Gasteiger partial charge in [0.15, 0.2) is 0 Å². The summed E-state index contributed by atoms with van der Waals surface area (Å²) in [5.74, 6) is -0.535. The van der Waals surface area contributed by atoms with Crippen molar-refractivity contribution in [3.8, 4) is 0 Å². The van der Waals surface area contributed by atoms with Crippen molar-refractivity contribution < 1.29 is 15.0 Å². The van der Waals surface area contributed by atoms with Crippen molar-refractivity contribution in [2.75, 3.05) is 18.0 Å². The van der Waals surface area contributed by atoms with Crippen LogP contribution in [0.15, 0.2) is 12.1 Å². The number of aromatic nitrogens is 1. The summed E-state index contributed by atoms with van der Waals surface area (Å²) in [6.45, 7) is 1.12. The first-order valence-corrected chi connectivity index (χ1v) is 5.28. The zero-order valence-corrected chi connectivity index (χ0v) is 9.18. The Hall–Kier alpha value is -1.33. The zero-order chi connectivity index (χ0) is 11.7. The molecule has 0 radical (unpaired) electrons. The van der Waals surface area contributed by atoms with Gasteiger partial charge in [-0.25, -0.2) is 9.78 Å². The molecule has 0 aliphatic carbocycles. The van der Waals surface area contributed by atoms with Gasteiger partial charge in [-0.3, -0.25) is 0 Å². The standard InChI is InChI=1S/C10H11ClN2O3/c11-8-3-6(10(15)16)4-9(12-8)13-2-1-7(14)5-13/h3-4,7,14H,1-2,5H2,(H,15,16). The molecule has 2 rings (SSSR count). The van der Waals surface area contributed by atoms with Crippen LogP contribution in [0.4, 0.5) is 5.82 Å². The molecule has 1 aromatic rings. The summed E-state index contributed by atoms with van der Waals surface area (Å²) in [7, 11) is 0. The monoisotopic (exact) mass is 242 g/mol. The molecule has 0 amide bonds. The predicted octanol–water partition coefficient (Wildman–Crippen LogP) is 1.00. The van der Waals surface area contributed by atoms with Crippen LogP contribution >= 0.6 is 11.6 Å². The summed E-state index contributed by atoms with van der Waals surface area (Å²) in [4.78, 5) is 16.7. The molecule has 5 nitrogen and oxygen atoms in total. The summed E-state index contributed by atoms with van der Waals surface area (Å²) < 4.78 is 0. The average molecular weight is 243 g/mol. The van der Waals surface area contributed by atoms with E-state index in [0.29, 0.717) is 25.3 Å². The Morgan fingerprint density at radius 2 is 2.31 bits per heavy atom. The van der Waals surface area contributed by atoms with Gasteiger partial charge < -0.3 is 15.1 Å². The summed E-state index contributed by atoms with van der Waals surface area (Å²) in [6.07, 6.45) is 0.283. The second kappa shape index (κ2) is 4.27. The van der Waals surface area contributed by atoms with Crippen LogP contribution in [0.5, 0.6) is 0 Å². The number of aromatic carboxylic acids is 1. The Kier molecular flexibility index (Phi) is 2.98. The average Bonchev–Trinajstić information content (AvgIpc) is 2.64. The predicted molar refractivity (Wildman–Crippen MR) is 59.0 cm³/mol. The molecule has 0 spiro atoms. The lowest BCUT2D eigenvalue weighted by Crippen LogP contribution is -2.22. The lowest BCUT2D eigenvalue weighted by atomic mass is 10.2. The largest absolute Gasteiger partial charge is 0.478 e. The first-order valence-electron chi connectivity index (χ1n) is 4.90. The number of hydrogen-bond acceptors (Lipinski definition) is 4. The van der Waals surface area contributed by atoms with Crippen LogP contribution < -0.4 is 4.90 Å². The lowest BCUT2D eigenvalue weighted by Gasteiger charge is -2.17. The summed E-state index contributed by atoms with van der Waals surface area (Å²) in [5.41, 5.74) is 0.108. The normalized spacial score (nSPS) is 20.1. The fourth-order valence-electron chi connectivity index (χ4n) is 1.72. The van der Waals surface area contributed by atoms with Gasteiger partial charge >= 0.3 is 5.97 Å². The number of rotatable bonds is 2. The third-order valence-electron chi connectivity index (χ3n) is 2.51. The quantitative estimate of drug-likeness (QED) is 0.757. The maximum Gasteiger partial charge on any atom is 0.335 e. The molecular weight excluding hydrogens is 232 g/mol. The van der Waals surface area contributed by atoms with Gasteiger partial charge in [0.25, 0.3) is 0 Å². The molecule has 1 aliphatic heterocycles. The molecule has 0 bridgehead atoms. The van der Waals surface area contributed by atoms with E-state index < -0.39 is 5.97 Å². The van der Waals surface area contributed by atoms with E-state index >= 15 is 0 Å². The molecular formula is C10H11ClN2O3. The van der Waals surface area contributed by atoms with Crippen molar-refractivity contribution in [3.63, 3.8) is 0 Å². The van der Waals surface area contributed by atoms with Crippen LogP contribution in [-0.2, 0) is 0 Å². The smallest absolute Gasteiger partial charge is 0.335 e. The molecule has 1 unspecified atom stereocenters. The first-order chi connectivity index (χ1) is 7.56. The maximum atomic E-state index is 10.8. The summed E-state index contributed by atoms with van der Waals surface area (Å²) >= 11 is 5.75. The highest BCUT2D eigenvalue weighted by Gasteiger charge is 2.22. The molecule has 86 valence electrons. The van der Waals surface area contributed by atoms with Gasteiger partial charge in [-0.1, -0.05) is 11.6 Å². The Labute approximate surface area is 97.3 Å². The minimum Gasteiger partial charge on any atom is -0.478 e. The number of aliphatic hydroxyl groups is 1. The number of β-amino-alcohol motifs (C(OH)–C–C–N with tert-alkyl or cyclic N) is 1. The van der Waals surface area contributed by atoms with Gasteiger partial charge in [-0.05, 0) is 18.6 Å². The van der Waals surface area contributed by atoms with Crippen molar-refractivity contribution in [2.45, 2.75) is 12.5 Å². The fraction of sp³-hybridized carbons (Fsp3) is 0.400. The SMILES string of the molecule is O=C(O)c1cc(Cl)nc(N2CCC(O)C2)c1. The molecule has 0 aromatic carbocycles. The molecule has 2 N–H and O–H groups in total. The molecule has 2 heterocycles. The van der Waals surface area contributed by atoms with Gasteiger partial charge in [-0.2, -0.15) is 0 Å². The number of anilines is 1. The number of aliphatic hydroxyl groups excluding tert-OH is 1. The Bertz CT molecular complexity index is 425. The maximum absolute atomic E-state index is 10.8. The van der Waals surface area contributed by atoms with Crippen LogP contribution in [0, 0.1) is 0 Å². The number of carbonyl (C=O) groups is 1. The van der Waals surface area contributed by atoms with E-state index in [2.05, 4.69) is 4.98 Å². The highest BCUT2D eigenvalue weighted by Crippen LogP contribution is 2.22. The number of pyridine rings is 1. The highest BCUT2D eigenvalue weighted by molar-refractivity contribution is 6.29. The van der Waals surface area contributed by atoms with Gasteiger partial charge in [0.2, 0.25) is 0 Å². The molecule has 0 saturated carbocycles. The van der Waals surface area contributed by atoms with Gasteiger partial charge in [0.1, 0.15) is 11.0 Å². The number of hydrogen-bond donors (Lipinski definition) is 2. The number of carboxylic acid groups (broad SMARTS) is 1. The molecule has 1 aliphatic rings. The zero-order valence-electron chi connectivity index (χ0n) is 8.43. The van der Waals surface area contributed by atoms with E-state index in [1.165, 1.54) is 12.1 Å². The summed E-state index contributed by atoms with van der Waals surface area (Å²) in [5, 5.41) is 18.4. The van der Waals surface area contributed by atoms with Crippen LogP contribution in [0.25, 0.3) is 0 Å². The molecule has 1 aromatic heterocycles. The van der Waals surface area contributed by atoms with E-state index in [0.717, 1.165) is 0 Å². The van der Waals surface area contributed by atoms with Gasteiger partial charge in [0, 0.05) is 13.1 Å². The summed E-state index contributed by atoms with van der Waals surface area (Å²) in [6, 6.07) is 2.77. The Morgan fingerprint density at radius 3 is 2.88 bits per heavy atom. The first kappa shape index (κ1) is 11.2.